The molecule has 3 aliphatic heterocycles. The first-order valence-electron chi connectivity index (χ1n) is 15.7. The predicted molar refractivity (Wildman–Crippen MR) is 145 cm³/mol. The van der Waals surface area contributed by atoms with Gasteiger partial charge < -0.3 is 24.1 Å². The van der Waals surface area contributed by atoms with Gasteiger partial charge in [0.15, 0.2) is 0 Å². The van der Waals surface area contributed by atoms with Gasteiger partial charge in [-0.1, -0.05) is 41.2 Å². The fourth-order valence-corrected chi connectivity index (χ4v) is 12.6. The topological polar surface area (TPSA) is 132 Å². The average molecular weight is 583 g/mol. The van der Waals surface area contributed by atoms with Crippen molar-refractivity contribution in [1.82, 2.24) is 0 Å². The van der Waals surface area contributed by atoms with Crippen LogP contribution >= 0.6 is 0 Å². The van der Waals surface area contributed by atoms with Crippen molar-refractivity contribution in [3.8, 4) is 0 Å². The van der Waals surface area contributed by atoms with Crippen molar-refractivity contribution in [2.45, 2.75) is 97.6 Å². The van der Waals surface area contributed by atoms with E-state index in [1.807, 2.05) is 13.8 Å². The lowest BCUT2D eigenvalue weighted by Crippen LogP contribution is -2.69. The molecule has 0 aromatic carbocycles. The fraction of sp³-hybridized carbons (Fsp3) is 0.818. The molecule has 5 saturated carbocycles. The van der Waals surface area contributed by atoms with Crippen LogP contribution in [-0.4, -0.2) is 64.2 Å². The van der Waals surface area contributed by atoms with E-state index < -0.39 is 74.9 Å². The molecule has 228 valence electrons. The van der Waals surface area contributed by atoms with Gasteiger partial charge >= 0.3 is 5.97 Å². The second kappa shape index (κ2) is 7.40. The molecule has 3 heterocycles. The molecular formula is C33H42O9. The van der Waals surface area contributed by atoms with Gasteiger partial charge in [0, 0.05) is 36.0 Å². The summed E-state index contributed by atoms with van der Waals surface area (Å²) in [5.41, 5.74) is -4.17. The summed E-state index contributed by atoms with van der Waals surface area (Å²) in [5.74, 6) is -6.06. The Morgan fingerprint density at radius 2 is 1.64 bits per heavy atom. The Bertz CT molecular complexity index is 1400. The highest BCUT2D eigenvalue weighted by molar-refractivity contribution is 6.40. The van der Waals surface area contributed by atoms with E-state index in [0.717, 1.165) is 0 Å². The number of carbonyl (C=O) groups is 4. The highest BCUT2D eigenvalue weighted by Gasteiger charge is 2.91. The van der Waals surface area contributed by atoms with Gasteiger partial charge in [0.1, 0.15) is 35.5 Å². The van der Waals surface area contributed by atoms with Gasteiger partial charge in [0.25, 0.3) is 0 Å². The van der Waals surface area contributed by atoms with Crippen LogP contribution in [0.5, 0.6) is 0 Å². The molecular weight excluding hydrogens is 540 g/mol. The Kier molecular flexibility index (Phi) is 4.84. The minimum Gasteiger partial charge on any atom is -0.461 e. The zero-order chi connectivity index (χ0) is 30.4. The lowest BCUT2D eigenvalue weighted by atomic mass is 9.38. The maximum absolute atomic E-state index is 15.2. The predicted octanol–water partition coefficient (Wildman–Crippen LogP) is 2.87. The van der Waals surface area contributed by atoms with Gasteiger partial charge in [-0.2, -0.15) is 0 Å². The lowest BCUT2D eigenvalue weighted by molar-refractivity contribution is -0.209. The van der Waals surface area contributed by atoms with Crippen LogP contribution in [0, 0.1) is 69.5 Å². The quantitative estimate of drug-likeness (QED) is 0.282. The standard InChI is InChI=1S/C33H42O9/c1-11-13(3)29(6)20-12(2)27-33(42-27)31(8,32(9,38)14(4)41-33)22(20)25(37)21(29)18-19(11)30(7)16(23(35)24(18)36)10-17-26(40-17)28(30)39-15(5)34/h11-13,16-22,26-28,38H,4,10H2,1-3,5-9H3/t11?,12-,13-,16+,17-,18?,19?,20-,21+,22-,26-,27+,28-,29+,30-,31-,32+,33+/m0/s1. The summed E-state index contributed by atoms with van der Waals surface area (Å²) in [4.78, 5) is 56.0. The highest BCUT2D eigenvalue weighted by atomic mass is 16.8. The van der Waals surface area contributed by atoms with E-state index in [0.29, 0.717) is 6.42 Å². The van der Waals surface area contributed by atoms with Crippen molar-refractivity contribution >= 4 is 23.3 Å². The minimum atomic E-state index is -1.54. The van der Waals surface area contributed by atoms with E-state index in [-0.39, 0.29) is 59.4 Å². The van der Waals surface area contributed by atoms with E-state index in [1.165, 1.54) is 6.92 Å². The summed E-state index contributed by atoms with van der Waals surface area (Å²) >= 11 is 0. The third kappa shape index (κ3) is 2.49. The van der Waals surface area contributed by atoms with Crippen molar-refractivity contribution in [3.05, 3.63) is 12.3 Å². The van der Waals surface area contributed by atoms with Crippen molar-refractivity contribution in [3.63, 3.8) is 0 Å². The molecule has 5 aliphatic carbocycles. The zero-order valence-corrected chi connectivity index (χ0v) is 25.6. The number of esters is 1. The number of fused-ring (bicyclic) bond motifs is 9. The van der Waals surface area contributed by atoms with E-state index in [2.05, 4.69) is 34.3 Å². The molecule has 0 aromatic rings. The Hall–Kier alpha value is -2.10. The Balaban J connectivity index is 1.32. The number of Topliss-reactive ketones (excluding diaryl/α,β-unsaturated/α-hetero) is 3. The summed E-state index contributed by atoms with van der Waals surface area (Å²) in [6, 6.07) is 0. The molecule has 1 spiro atoms. The average Bonchev–Trinajstić information content (AvgIpc) is 3.81. The minimum absolute atomic E-state index is 0.0234. The number of epoxide rings is 2. The van der Waals surface area contributed by atoms with Crippen LogP contribution in [0.4, 0.5) is 0 Å². The van der Waals surface area contributed by atoms with Gasteiger partial charge in [-0.05, 0) is 55.3 Å². The van der Waals surface area contributed by atoms with Crippen LogP contribution in [-0.2, 0) is 38.1 Å². The molecule has 0 radical (unpaired) electrons. The molecule has 0 bridgehead atoms. The molecule has 0 aromatic heterocycles. The molecule has 9 nitrogen and oxygen atoms in total. The van der Waals surface area contributed by atoms with Crippen LogP contribution < -0.4 is 0 Å². The zero-order valence-electron chi connectivity index (χ0n) is 25.6. The van der Waals surface area contributed by atoms with Crippen molar-refractivity contribution in [1.29, 1.82) is 0 Å². The second-order valence-corrected chi connectivity index (χ2v) is 15.9. The SMILES string of the molecule is C=C1O[C@@]23O[C@@H]2[C@@H](C)[C@H]2[C@@H](C(=O)[C@H]4C5C(=O)C(=O)[C@H]6C[C@@H]7O[C@@H]7[C@H](OC(C)=O)[C@]6(C)C5C(C)[C@H](C)[C@]24C)[C@@]3(C)[C@]1(C)O. The number of carbonyl (C=O) groups excluding carboxylic acids is 4. The highest BCUT2D eigenvalue weighted by Crippen LogP contribution is 2.81. The molecule has 0 amide bonds. The fourth-order valence-electron chi connectivity index (χ4n) is 12.6. The van der Waals surface area contributed by atoms with Gasteiger partial charge in [-0.25, -0.2) is 0 Å². The number of hydrogen-bond acceptors (Lipinski definition) is 9. The number of hydrogen-bond donors (Lipinski definition) is 1. The number of aliphatic hydroxyl groups is 1. The first kappa shape index (κ1) is 27.4. The molecule has 3 saturated heterocycles. The molecule has 8 aliphatic rings. The van der Waals surface area contributed by atoms with Crippen molar-refractivity contribution in [2.75, 3.05) is 0 Å². The summed E-state index contributed by atoms with van der Waals surface area (Å²) in [6.45, 7) is 19.4. The molecule has 1 N–H and O–H groups in total. The van der Waals surface area contributed by atoms with Crippen LogP contribution in [0.1, 0.15) is 61.8 Å². The van der Waals surface area contributed by atoms with Gasteiger partial charge in [-0.3, -0.25) is 19.2 Å². The summed E-state index contributed by atoms with van der Waals surface area (Å²) < 4.78 is 24.4. The molecule has 3 unspecified atom stereocenters. The van der Waals surface area contributed by atoms with Crippen molar-refractivity contribution in [2.24, 2.45) is 69.5 Å². The van der Waals surface area contributed by atoms with Gasteiger partial charge in [0.2, 0.25) is 17.4 Å². The molecule has 8 rings (SSSR count). The normalized spacial score (nSPS) is 63.3. The number of rotatable bonds is 1. The Labute approximate surface area is 246 Å². The van der Waals surface area contributed by atoms with E-state index in [4.69, 9.17) is 18.9 Å². The van der Waals surface area contributed by atoms with E-state index in [9.17, 15) is 19.5 Å². The van der Waals surface area contributed by atoms with Gasteiger partial charge in [0.05, 0.1) is 11.5 Å². The monoisotopic (exact) mass is 582 g/mol. The maximum Gasteiger partial charge on any atom is 0.303 e. The molecule has 9 heteroatoms. The maximum atomic E-state index is 15.2. The first-order chi connectivity index (χ1) is 19.4. The Morgan fingerprint density at radius 3 is 2.29 bits per heavy atom. The molecule has 42 heavy (non-hydrogen) atoms. The summed E-state index contributed by atoms with van der Waals surface area (Å²) in [6.07, 6.45) is -1.09. The van der Waals surface area contributed by atoms with Crippen LogP contribution in [0.15, 0.2) is 12.3 Å². The molecule has 8 fully saturated rings. The van der Waals surface area contributed by atoms with Crippen LogP contribution in [0.25, 0.3) is 0 Å². The summed E-state index contributed by atoms with van der Waals surface area (Å²) in [5, 5.41) is 11.9. The van der Waals surface area contributed by atoms with Gasteiger partial charge in [-0.15, -0.1) is 0 Å². The first-order valence-corrected chi connectivity index (χ1v) is 15.7. The largest absolute Gasteiger partial charge is 0.461 e. The lowest BCUT2D eigenvalue weighted by Gasteiger charge is -2.64. The third-order valence-corrected chi connectivity index (χ3v) is 14.9. The number of ether oxygens (including phenoxy) is 4. The third-order valence-electron chi connectivity index (χ3n) is 14.9. The number of ketones is 3. The van der Waals surface area contributed by atoms with Crippen LogP contribution in [0.2, 0.25) is 0 Å². The summed E-state index contributed by atoms with van der Waals surface area (Å²) in [7, 11) is 0. The van der Waals surface area contributed by atoms with E-state index >= 15 is 4.79 Å². The van der Waals surface area contributed by atoms with Crippen molar-refractivity contribution < 1.29 is 43.2 Å². The Morgan fingerprint density at radius 1 is 0.976 bits per heavy atom. The molecule has 18 atom stereocenters. The second-order valence-electron chi connectivity index (χ2n) is 15.9. The van der Waals surface area contributed by atoms with Crippen LogP contribution in [0.3, 0.4) is 0 Å². The van der Waals surface area contributed by atoms with E-state index in [1.54, 1.807) is 6.92 Å². The smallest absolute Gasteiger partial charge is 0.303 e.